The fourth-order valence-electron chi connectivity index (χ4n) is 2.94. The van der Waals surface area contributed by atoms with Gasteiger partial charge in [0, 0.05) is 12.5 Å². The molecule has 0 aromatic carbocycles. The van der Waals surface area contributed by atoms with E-state index in [1.807, 2.05) is 0 Å². The van der Waals surface area contributed by atoms with Gasteiger partial charge in [0.1, 0.15) is 0 Å². The number of rotatable bonds is 4. The minimum Gasteiger partial charge on any atom is -0.356 e. The normalized spacial score (nSPS) is 29.7. The summed E-state index contributed by atoms with van der Waals surface area (Å²) >= 11 is 0. The van der Waals surface area contributed by atoms with Gasteiger partial charge in [-0.2, -0.15) is 0 Å². The Balaban J connectivity index is 2.59. The zero-order valence-electron chi connectivity index (χ0n) is 12.1. The second kappa shape index (κ2) is 6.42. The summed E-state index contributed by atoms with van der Waals surface area (Å²) in [5.74, 6) is 2.99. The molecule has 3 unspecified atom stereocenters. The van der Waals surface area contributed by atoms with Crippen LogP contribution >= 0.6 is 0 Å². The monoisotopic (exact) mass is 239 g/mol. The summed E-state index contributed by atoms with van der Waals surface area (Å²) in [6, 6.07) is 0. The van der Waals surface area contributed by atoms with Crippen molar-refractivity contribution >= 4 is 5.91 Å². The number of nitrogens with one attached hydrogen (secondary N) is 1. The van der Waals surface area contributed by atoms with E-state index in [2.05, 4.69) is 39.9 Å². The SMILES string of the molecule is CC(C)CNC(=O)C1CC(C)CCC1C(C)C. The zero-order valence-corrected chi connectivity index (χ0v) is 12.1. The first-order valence-electron chi connectivity index (χ1n) is 7.19. The Bertz CT molecular complexity index is 247. The van der Waals surface area contributed by atoms with E-state index in [4.69, 9.17) is 0 Å². The van der Waals surface area contributed by atoms with Gasteiger partial charge in [-0.3, -0.25) is 4.79 Å². The number of amides is 1. The van der Waals surface area contributed by atoms with Crippen molar-refractivity contribution in [1.29, 1.82) is 0 Å². The van der Waals surface area contributed by atoms with Gasteiger partial charge in [-0.15, -0.1) is 0 Å². The molecule has 0 aromatic rings. The number of hydrogen-bond acceptors (Lipinski definition) is 1. The van der Waals surface area contributed by atoms with Crippen LogP contribution in [0, 0.1) is 29.6 Å². The second-order valence-electron chi connectivity index (χ2n) is 6.57. The van der Waals surface area contributed by atoms with Crippen LogP contribution in [0.2, 0.25) is 0 Å². The van der Waals surface area contributed by atoms with Gasteiger partial charge in [-0.05, 0) is 36.5 Å². The van der Waals surface area contributed by atoms with Crippen molar-refractivity contribution in [2.45, 2.75) is 53.9 Å². The molecule has 1 rings (SSSR count). The molecule has 100 valence electrons. The lowest BCUT2D eigenvalue weighted by Crippen LogP contribution is -2.41. The first kappa shape index (κ1) is 14.5. The van der Waals surface area contributed by atoms with Crippen molar-refractivity contribution in [1.82, 2.24) is 5.32 Å². The Morgan fingerprint density at radius 3 is 2.41 bits per heavy atom. The van der Waals surface area contributed by atoms with Crippen LogP contribution in [0.25, 0.3) is 0 Å². The minimum absolute atomic E-state index is 0.248. The van der Waals surface area contributed by atoms with E-state index < -0.39 is 0 Å². The van der Waals surface area contributed by atoms with E-state index in [-0.39, 0.29) is 5.92 Å². The molecule has 17 heavy (non-hydrogen) atoms. The smallest absolute Gasteiger partial charge is 0.223 e. The fourth-order valence-corrected chi connectivity index (χ4v) is 2.94. The second-order valence-corrected chi connectivity index (χ2v) is 6.57. The van der Waals surface area contributed by atoms with Crippen LogP contribution < -0.4 is 5.32 Å². The lowest BCUT2D eigenvalue weighted by Gasteiger charge is -2.36. The molecule has 0 aromatic heterocycles. The van der Waals surface area contributed by atoms with Gasteiger partial charge >= 0.3 is 0 Å². The summed E-state index contributed by atoms with van der Waals surface area (Å²) in [6.45, 7) is 11.9. The summed E-state index contributed by atoms with van der Waals surface area (Å²) in [7, 11) is 0. The Labute approximate surface area is 107 Å². The highest BCUT2D eigenvalue weighted by molar-refractivity contribution is 5.79. The van der Waals surface area contributed by atoms with Gasteiger partial charge in [0.05, 0.1) is 0 Å². The zero-order chi connectivity index (χ0) is 13.0. The van der Waals surface area contributed by atoms with Crippen molar-refractivity contribution in [3.05, 3.63) is 0 Å². The highest BCUT2D eigenvalue weighted by Crippen LogP contribution is 2.38. The molecular weight excluding hydrogens is 210 g/mol. The average molecular weight is 239 g/mol. The van der Waals surface area contributed by atoms with E-state index >= 15 is 0 Å². The molecule has 1 N–H and O–H groups in total. The Morgan fingerprint density at radius 1 is 1.24 bits per heavy atom. The highest BCUT2D eigenvalue weighted by atomic mass is 16.1. The predicted octanol–water partition coefficient (Wildman–Crippen LogP) is 3.47. The third-order valence-corrected chi connectivity index (χ3v) is 4.04. The van der Waals surface area contributed by atoms with E-state index in [1.54, 1.807) is 0 Å². The van der Waals surface area contributed by atoms with Crippen molar-refractivity contribution in [3.8, 4) is 0 Å². The maximum Gasteiger partial charge on any atom is 0.223 e. The largest absolute Gasteiger partial charge is 0.356 e. The van der Waals surface area contributed by atoms with Crippen molar-refractivity contribution in [2.24, 2.45) is 29.6 Å². The summed E-state index contributed by atoms with van der Waals surface area (Å²) in [6.07, 6.45) is 3.59. The van der Waals surface area contributed by atoms with Gasteiger partial charge < -0.3 is 5.32 Å². The third kappa shape index (κ3) is 4.33. The van der Waals surface area contributed by atoms with E-state index in [0.717, 1.165) is 13.0 Å². The molecule has 1 fully saturated rings. The van der Waals surface area contributed by atoms with E-state index in [1.165, 1.54) is 12.8 Å². The summed E-state index contributed by atoms with van der Waals surface area (Å²) in [5, 5.41) is 3.12. The number of carbonyl (C=O) groups is 1. The Morgan fingerprint density at radius 2 is 1.88 bits per heavy atom. The van der Waals surface area contributed by atoms with Crippen molar-refractivity contribution in [2.75, 3.05) is 6.54 Å². The lowest BCUT2D eigenvalue weighted by atomic mass is 9.70. The van der Waals surface area contributed by atoms with Crippen LogP contribution in [0.5, 0.6) is 0 Å². The minimum atomic E-state index is 0.248. The number of hydrogen-bond donors (Lipinski definition) is 1. The van der Waals surface area contributed by atoms with Gasteiger partial charge in [0.25, 0.3) is 0 Å². The highest BCUT2D eigenvalue weighted by Gasteiger charge is 2.35. The van der Waals surface area contributed by atoms with Crippen LogP contribution in [0.4, 0.5) is 0 Å². The first-order chi connectivity index (χ1) is 7.91. The van der Waals surface area contributed by atoms with Crippen LogP contribution in [-0.2, 0) is 4.79 Å². The molecule has 0 heterocycles. The third-order valence-electron chi connectivity index (χ3n) is 4.04. The maximum absolute atomic E-state index is 12.3. The molecule has 0 bridgehead atoms. The van der Waals surface area contributed by atoms with Crippen LogP contribution in [0.1, 0.15) is 53.9 Å². The molecular formula is C15H29NO. The molecule has 1 aliphatic carbocycles. The average Bonchev–Trinajstić information content (AvgIpc) is 2.25. The van der Waals surface area contributed by atoms with Crippen molar-refractivity contribution < 1.29 is 4.79 Å². The molecule has 1 saturated carbocycles. The van der Waals surface area contributed by atoms with Crippen LogP contribution in [-0.4, -0.2) is 12.5 Å². The van der Waals surface area contributed by atoms with E-state index in [9.17, 15) is 4.79 Å². The van der Waals surface area contributed by atoms with Crippen molar-refractivity contribution in [3.63, 3.8) is 0 Å². The molecule has 2 nitrogen and oxygen atoms in total. The summed E-state index contributed by atoms with van der Waals surface area (Å²) in [5.41, 5.74) is 0. The molecule has 1 amide bonds. The predicted molar refractivity (Wildman–Crippen MR) is 72.7 cm³/mol. The van der Waals surface area contributed by atoms with E-state index in [0.29, 0.717) is 29.6 Å². The van der Waals surface area contributed by atoms with Gasteiger partial charge in [-0.1, -0.05) is 41.0 Å². The molecule has 3 atom stereocenters. The topological polar surface area (TPSA) is 29.1 Å². The molecule has 0 aliphatic heterocycles. The standard InChI is InChI=1S/C15H29NO/c1-10(2)9-16-15(17)14-8-12(5)6-7-13(14)11(3)4/h10-14H,6-9H2,1-5H3,(H,16,17). The van der Waals surface area contributed by atoms with Gasteiger partial charge in [0.2, 0.25) is 5.91 Å². The molecule has 0 radical (unpaired) electrons. The summed E-state index contributed by atoms with van der Waals surface area (Å²) in [4.78, 5) is 12.3. The summed E-state index contributed by atoms with van der Waals surface area (Å²) < 4.78 is 0. The van der Waals surface area contributed by atoms with Crippen LogP contribution in [0.3, 0.4) is 0 Å². The molecule has 2 heteroatoms. The quantitative estimate of drug-likeness (QED) is 0.799. The fraction of sp³-hybridized carbons (Fsp3) is 0.933. The molecule has 0 saturated heterocycles. The molecule has 1 aliphatic rings. The van der Waals surface area contributed by atoms with Gasteiger partial charge in [-0.25, -0.2) is 0 Å². The Hall–Kier alpha value is -0.530. The molecule has 0 spiro atoms. The lowest BCUT2D eigenvalue weighted by molar-refractivity contribution is -0.129. The maximum atomic E-state index is 12.3. The van der Waals surface area contributed by atoms with Crippen LogP contribution in [0.15, 0.2) is 0 Å². The first-order valence-corrected chi connectivity index (χ1v) is 7.19. The number of carbonyl (C=O) groups excluding carboxylic acids is 1. The van der Waals surface area contributed by atoms with Gasteiger partial charge in [0.15, 0.2) is 0 Å². The Kier molecular flexibility index (Phi) is 5.48.